The Morgan fingerprint density at radius 3 is 2.29 bits per heavy atom. The van der Waals surface area contributed by atoms with Gasteiger partial charge < -0.3 is 16.0 Å². The maximum Gasteiger partial charge on any atom is 0.221 e. The lowest BCUT2D eigenvalue weighted by atomic mass is 9.96. The number of amides is 1. The van der Waals surface area contributed by atoms with Gasteiger partial charge in [-0.1, -0.05) is 6.42 Å². The lowest BCUT2D eigenvalue weighted by molar-refractivity contribution is -0.114. The first kappa shape index (κ1) is 14.3. The Kier molecular flexibility index (Phi) is 4.10. The van der Waals surface area contributed by atoms with E-state index in [1.807, 2.05) is 24.3 Å². The summed E-state index contributed by atoms with van der Waals surface area (Å²) in [7, 11) is 0. The molecule has 2 fully saturated rings. The Hall–Kier alpha value is -1.62. The lowest BCUT2D eigenvalue weighted by Gasteiger charge is -2.24. The van der Waals surface area contributed by atoms with Gasteiger partial charge in [-0.15, -0.1) is 0 Å². The monoisotopic (exact) mass is 303 g/mol. The van der Waals surface area contributed by atoms with Crippen LogP contribution in [0.15, 0.2) is 24.3 Å². The number of nitrogens with one attached hydrogen (secondary N) is 3. The van der Waals surface area contributed by atoms with E-state index < -0.39 is 0 Å². The van der Waals surface area contributed by atoms with Gasteiger partial charge in [0.2, 0.25) is 5.91 Å². The number of carbonyl (C=O) groups excluding carboxylic acids is 1. The largest absolute Gasteiger partial charge is 0.359 e. The van der Waals surface area contributed by atoms with Crippen molar-refractivity contribution in [3.63, 3.8) is 0 Å². The van der Waals surface area contributed by atoms with Crippen molar-refractivity contribution in [2.75, 3.05) is 10.6 Å². The second kappa shape index (κ2) is 6.02. The normalized spacial score (nSPS) is 26.4. The molecule has 0 radical (unpaired) electrons. The molecule has 2 saturated carbocycles. The van der Waals surface area contributed by atoms with Crippen LogP contribution in [0.25, 0.3) is 0 Å². The average Bonchev–Trinajstić information content (AvgIpc) is 3.02. The molecule has 21 heavy (non-hydrogen) atoms. The number of carbonyl (C=O) groups is 1. The summed E-state index contributed by atoms with van der Waals surface area (Å²) >= 11 is 5.40. The number of hydrogen-bond donors (Lipinski definition) is 3. The summed E-state index contributed by atoms with van der Waals surface area (Å²) in [5, 5.41) is 10.1. The molecule has 112 valence electrons. The summed E-state index contributed by atoms with van der Waals surface area (Å²) in [6.45, 7) is 1.50. The molecule has 3 atom stereocenters. The SMILES string of the molecule is CC(=O)Nc1ccc(NC(=S)N[C@@H]2C[C@H]3CC[C@@H]2C3)cc1. The van der Waals surface area contributed by atoms with E-state index in [9.17, 15) is 4.79 Å². The van der Waals surface area contributed by atoms with Crippen LogP contribution in [0.3, 0.4) is 0 Å². The molecule has 0 heterocycles. The summed E-state index contributed by atoms with van der Waals surface area (Å²) in [4.78, 5) is 11.0. The number of benzene rings is 1. The maximum atomic E-state index is 11.0. The number of hydrogen-bond acceptors (Lipinski definition) is 2. The molecule has 2 aliphatic carbocycles. The molecule has 2 aliphatic rings. The standard InChI is InChI=1S/C16H21N3OS/c1-10(20)17-13-4-6-14(7-5-13)18-16(21)19-15-9-11-2-3-12(15)8-11/h4-7,11-12,15H,2-3,8-9H2,1H3,(H,17,20)(H2,18,19,21)/t11-,12+,15+/m0/s1. The molecule has 2 bridgehead atoms. The van der Waals surface area contributed by atoms with Gasteiger partial charge in [0.05, 0.1) is 0 Å². The molecule has 0 unspecified atom stereocenters. The molecule has 0 spiro atoms. The summed E-state index contributed by atoms with van der Waals surface area (Å²) in [6.07, 6.45) is 5.36. The second-order valence-electron chi connectivity index (χ2n) is 6.14. The third-order valence-corrected chi connectivity index (χ3v) is 4.74. The van der Waals surface area contributed by atoms with E-state index in [1.54, 1.807) is 0 Å². The van der Waals surface area contributed by atoms with Crippen LogP contribution in [0.5, 0.6) is 0 Å². The highest BCUT2D eigenvalue weighted by Gasteiger charge is 2.39. The van der Waals surface area contributed by atoms with Gasteiger partial charge in [-0.3, -0.25) is 4.79 Å². The van der Waals surface area contributed by atoms with E-state index in [0.717, 1.165) is 23.2 Å². The topological polar surface area (TPSA) is 53.2 Å². The van der Waals surface area contributed by atoms with Gasteiger partial charge in [0.25, 0.3) is 0 Å². The molecule has 3 N–H and O–H groups in total. The molecule has 5 heteroatoms. The van der Waals surface area contributed by atoms with E-state index in [1.165, 1.54) is 32.6 Å². The minimum absolute atomic E-state index is 0.0656. The summed E-state index contributed by atoms with van der Waals surface area (Å²) in [6, 6.07) is 8.11. The number of fused-ring (bicyclic) bond motifs is 2. The second-order valence-corrected chi connectivity index (χ2v) is 6.55. The molecule has 4 nitrogen and oxygen atoms in total. The van der Waals surface area contributed by atoms with Crippen LogP contribution in [0, 0.1) is 11.8 Å². The fourth-order valence-corrected chi connectivity index (χ4v) is 3.87. The highest BCUT2D eigenvalue weighted by atomic mass is 32.1. The average molecular weight is 303 g/mol. The fourth-order valence-electron chi connectivity index (χ4n) is 3.60. The van der Waals surface area contributed by atoms with Crippen molar-refractivity contribution >= 4 is 34.6 Å². The smallest absolute Gasteiger partial charge is 0.221 e. The van der Waals surface area contributed by atoms with Gasteiger partial charge in [-0.2, -0.15) is 0 Å². The van der Waals surface area contributed by atoms with Crippen LogP contribution in [0.4, 0.5) is 11.4 Å². The maximum absolute atomic E-state index is 11.0. The van der Waals surface area contributed by atoms with Gasteiger partial charge in [0, 0.05) is 24.3 Å². The molecule has 1 aromatic rings. The van der Waals surface area contributed by atoms with Crippen molar-refractivity contribution in [1.82, 2.24) is 5.32 Å². The highest BCUT2D eigenvalue weighted by molar-refractivity contribution is 7.80. The Bertz CT molecular complexity index is 543. The van der Waals surface area contributed by atoms with Gasteiger partial charge in [-0.25, -0.2) is 0 Å². The molecule has 1 amide bonds. The first-order valence-electron chi connectivity index (χ1n) is 7.55. The van der Waals surface area contributed by atoms with Crippen LogP contribution in [0.2, 0.25) is 0 Å². The zero-order valence-electron chi connectivity index (χ0n) is 12.2. The van der Waals surface area contributed by atoms with Crippen LogP contribution in [0.1, 0.15) is 32.6 Å². The van der Waals surface area contributed by atoms with Crippen molar-refractivity contribution in [3.05, 3.63) is 24.3 Å². The molecule has 0 aromatic heterocycles. The summed E-state index contributed by atoms with van der Waals surface area (Å²) < 4.78 is 0. The van der Waals surface area contributed by atoms with Crippen LogP contribution < -0.4 is 16.0 Å². The van der Waals surface area contributed by atoms with E-state index in [4.69, 9.17) is 12.2 Å². The molecule has 0 saturated heterocycles. The van der Waals surface area contributed by atoms with E-state index in [0.29, 0.717) is 11.2 Å². The van der Waals surface area contributed by atoms with Crippen molar-refractivity contribution in [3.8, 4) is 0 Å². The first-order valence-corrected chi connectivity index (χ1v) is 7.96. The quantitative estimate of drug-likeness (QED) is 0.751. The zero-order valence-corrected chi connectivity index (χ0v) is 13.0. The highest BCUT2D eigenvalue weighted by Crippen LogP contribution is 2.44. The number of rotatable bonds is 3. The minimum atomic E-state index is -0.0656. The fraction of sp³-hybridized carbons (Fsp3) is 0.500. The van der Waals surface area contributed by atoms with Crippen molar-refractivity contribution in [2.45, 2.75) is 38.6 Å². The van der Waals surface area contributed by atoms with Crippen LogP contribution in [-0.4, -0.2) is 17.1 Å². The Morgan fingerprint density at radius 2 is 1.76 bits per heavy atom. The number of thiocarbonyl (C=S) groups is 1. The lowest BCUT2D eigenvalue weighted by Crippen LogP contribution is -2.40. The van der Waals surface area contributed by atoms with Gasteiger partial charge in [0.15, 0.2) is 5.11 Å². The predicted molar refractivity (Wildman–Crippen MR) is 89.3 cm³/mol. The van der Waals surface area contributed by atoms with Crippen LogP contribution in [-0.2, 0) is 4.79 Å². The van der Waals surface area contributed by atoms with Crippen LogP contribution >= 0.6 is 12.2 Å². The minimum Gasteiger partial charge on any atom is -0.359 e. The predicted octanol–water partition coefficient (Wildman–Crippen LogP) is 3.12. The number of anilines is 2. The Morgan fingerprint density at radius 1 is 1.10 bits per heavy atom. The van der Waals surface area contributed by atoms with Gasteiger partial charge in [0.1, 0.15) is 0 Å². The summed E-state index contributed by atoms with van der Waals surface area (Å²) in [5.74, 6) is 1.65. The van der Waals surface area contributed by atoms with Crippen molar-refractivity contribution in [1.29, 1.82) is 0 Å². The van der Waals surface area contributed by atoms with E-state index in [-0.39, 0.29) is 5.91 Å². The van der Waals surface area contributed by atoms with Crippen molar-refractivity contribution < 1.29 is 4.79 Å². The van der Waals surface area contributed by atoms with Gasteiger partial charge in [-0.05, 0) is 67.6 Å². The molecule has 3 rings (SSSR count). The molecule has 1 aromatic carbocycles. The summed E-state index contributed by atoms with van der Waals surface area (Å²) in [5.41, 5.74) is 1.73. The molecule has 0 aliphatic heterocycles. The van der Waals surface area contributed by atoms with Gasteiger partial charge >= 0.3 is 0 Å². The van der Waals surface area contributed by atoms with E-state index >= 15 is 0 Å². The van der Waals surface area contributed by atoms with E-state index in [2.05, 4.69) is 16.0 Å². The Balaban J connectivity index is 1.51. The zero-order chi connectivity index (χ0) is 14.8. The third-order valence-electron chi connectivity index (χ3n) is 4.52. The molecular weight excluding hydrogens is 282 g/mol. The van der Waals surface area contributed by atoms with Crippen molar-refractivity contribution in [2.24, 2.45) is 11.8 Å². The first-order chi connectivity index (χ1) is 10.1. The Labute approximate surface area is 130 Å². The third kappa shape index (κ3) is 3.53. The molecular formula is C16H21N3OS.